The number of anilines is 2. The zero-order valence-electron chi connectivity index (χ0n) is 17.8. The van der Waals surface area contributed by atoms with E-state index in [9.17, 15) is 13.7 Å². The summed E-state index contributed by atoms with van der Waals surface area (Å²) in [5.41, 5.74) is 2.17. The van der Waals surface area contributed by atoms with Crippen molar-refractivity contribution in [1.29, 1.82) is 10.5 Å². The third kappa shape index (κ3) is 4.19. The number of piperazine rings is 1. The van der Waals surface area contributed by atoms with E-state index in [1.807, 2.05) is 11.0 Å². The van der Waals surface area contributed by atoms with Gasteiger partial charge in [-0.15, -0.1) is 0 Å². The van der Waals surface area contributed by atoms with Crippen LogP contribution < -0.4 is 10.2 Å². The Kier molecular flexibility index (Phi) is 5.33. The molecule has 2 heterocycles. The lowest BCUT2D eigenvalue weighted by Gasteiger charge is -2.35. The molecule has 0 unspecified atom stereocenters. The summed E-state index contributed by atoms with van der Waals surface area (Å²) in [7, 11) is -3.70. The molecule has 1 saturated carbocycles. The molecule has 2 aromatic carbocycles. The van der Waals surface area contributed by atoms with Crippen LogP contribution in [0.2, 0.25) is 0 Å². The van der Waals surface area contributed by atoms with Gasteiger partial charge in [-0.25, -0.2) is 18.4 Å². The molecule has 2 aliphatic rings. The molecular weight excluding hydrogens is 438 g/mol. The number of benzene rings is 2. The molecule has 0 spiro atoms. The van der Waals surface area contributed by atoms with Crippen LogP contribution in [0, 0.1) is 22.7 Å². The molecule has 5 rings (SSSR count). The Morgan fingerprint density at radius 1 is 0.909 bits per heavy atom. The van der Waals surface area contributed by atoms with Gasteiger partial charge >= 0.3 is 0 Å². The average molecular weight is 460 g/mol. The van der Waals surface area contributed by atoms with Gasteiger partial charge in [-0.1, -0.05) is 6.07 Å². The number of rotatable bonds is 5. The Balaban J connectivity index is 1.41. The molecule has 166 valence electrons. The molecule has 2 fully saturated rings. The topological polar surface area (TPSA) is 126 Å². The lowest BCUT2D eigenvalue weighted by atomic mass is 10.2. The van der Waals surface area contributed by atoms with Crippen molar-refractivity contribution in [2.45, 2.75) is 23.8 Å². The summed E-state index contributed by atoms with van der Waals surface area (Å²) >= 11 is 0. The maximum absolute atomic E-state index is 13.1. The summed E-state index contributed by atoms with van der Waals surface area (Å²) in [5.74, 6) is 1.36. The lowest BCUT2D eigenvalue weighted by Crippen LogP contribution is -2.49. The number of fused-ring (bicyclic) bond motifs is 1. The van der Waals surface area contributed by atoms with Crippen molar-refractivity contribution in [2.24, 2.45) is 0 Å². The second-order valence-electron chi connectivity index (χ2n) is 8.16. The molecule has 0 amide bonds. The van der Waals surface area contributed by atoms with Gasteiger partial charge in [0.2, 0.25) is 10.0 Å². The van der Waals surface area contributed by atoms with Crippen LogP contribution in [0.25, 0.3) is 11.0 Å². The molecule has 1 aromatic heterocycles. The predicted octanol–water partition coefficient (Wildman–Crippen LogP) is 2.46. The van der Waals surface area contributed by atoms with E-state index < -0.39 is 10.0 Å². The number of aromatic nitrogens is 2. The summed E-state index contributed by atoms with van der Waals surface area (Å²) in [4.78, 5) is 11.7. The van der Waals surface area contributed by atoms with Crippen molar-refractivity contribution in [3.8, 4) is 12.1 Å². The smallest absolute Gasteiger partial charge is 0.243 e. The SMILES string of the molecule is N#Cc1cccc(S(=O)(=O)N2CCN(c3nc4cc(C#N)ccc4nc3NC3CC3)CC2)c1. The van der Waals surface area contributed by atoms with Crippen LogP contribution in [0.15, 0.2) is 47.4 Å². The van der Waals surface area contributed by atoms with Gasteiger partial charge in [0.1, 0.15) is 0 Å². The Hall–Kier alpha value is -3.73. The van der Waals surface area contributed by atoms with E-state index in [4.69, 9.17) is 15.2 Å². The average Bonchev–Trinajstić information content (AvgIpc) is 3.67. The Morgan fingerprint density at radius 2 is 1.64 bits per heavy atom. The molecule has 1 aliphatic carbocycles. The van der Waals surface area contributed by atoms with E-state index in [1.165, 1.54) is 16.4 Å². The number of sulfonamides is 1. The fourth-order valence-electron chi connectivity index (χ4n) is 3.87. The van der Waals surface area contributed by atoms with Crippen LogP contribution in [0.3, 0.4) is 0 Å². The molecule has 3 aromatic rings. The molecule has 1 saturated heterocycles. The van der Waals surface area contributed by atoms with Gasteiger partial charge in [0, 0.05) is 32.2 Å². The summed E-state index contributed by atoms with van der Waals surface area (Å²) in [5, 5.41) is 21.8. The van der Waals surface area contributed by atoms with Crippen molar-refractivity contribution in [3.63, 3.8) is 0 Å². The maximum atomic E-state index is 13.1. The fraction of sp³-hybridized carbons (Fsp3) is 0.304. The van der Waals surface area contributed by atoms with E-state index in [0.29, 0.717) is 66.0 Å². The number of hydrogen-bond acceptors (Lipinski definition) is 8. The summed E-state index contributed by atoms with van der Waals surface area (Å²) in [6, 6.07) is 15.8. The first-order valence-electron chi connectivity index (χ1n) is 10.7. The van der Waals surface area contributed by atoms with Crippen molar-refractivity contribution in [3.05, 3.63) is 53.6 Å². The first-order valence-corrected chi connectivity index (χ1v) is 12.2. The first-order chi connectivity index (χ1) is 16.0. The minimum absolute atomic E-state index is 0.126. The third-order valence-corrected chi connectivity index (χ3v) is 7.73. The minimum atomic E-state index is -3.70. The van der Waals surface area contributed by atoms with Gasteiger partial charge in [0.25, 0.3) is 0 Å². The fourth-order valence-corrected chi connectivity index (χ4v) is 5.34. The van der Waals surface area contributed by atoms with Crippen LogP contribution in [0.4, 0.5) is 11.6 Å². The van der Waals surface area contributed by atoms with Crippen LogP contribution in [-0.2, 0) is 10.0 Å². The molecule has 10 heteroatoms. The highest BCUT2D eigenvalue weighted by Gasteiger charge is 2.31. The highest BCUT2D eigenvalue weighted by atomic mass is 32.2. The minimum Gasteiger partial charge on any atom is -0.364 e. The molecule has 9 nitrogen and oxygen atoms in total. The second kappa shape index (κ2) is 8.32. The highest BCUT2D eigenvalue weighted by molar-refractivity contribution is 7.89. The number of hydrogen-bond donors (Lipinski definition) is 1. The first kappa shape index (κ1) is 21.1. The monoisotopic (exact) mass is 459 g/mol. The van der Waals surface area contributed by atoms with Gasteiger partial charge in [-0.05, 0) is 49.2 Å². The molecule has 1 aliphatic heterocycles. The Morgan fingerprint density at radius 3 is 2.33 bits per heavy atom. The number of nitrogens with one attached hydrogen (secondary N) is 1. The largest absolute Gasteiger partial charge is 0.364 e. The van der Waals surface area contributed by atoms with Crippen LogP contribution in [0.1, 0.15) is 24.0 Å². The quantitative estimate of drug-likeness (QED) is 0.617. The summed E-state index contributed by atoms with van der Waals surface area (Å²) < 4.78 is 27.6. The van der Waals surface area contributed by atoms with Gasteiger partial charge in [0.15, 0.2) is 11.6 Å². The third-order valence-electron chi connectivity index (χ3n) is 5.83. The van der Waals surface area contributed by atoms with Gasteiger partial charge < -0.3 is 10.2 Å². The van der Waals surface area contributed by atoms with Crippen molar-refractivity contribution >= 4 is 32.7 Å². The van der Waals surface area contributed by atoms with E-state index >= 15 is 0 Å². The van der Waals surface area contributed by atoms with Gasteiger partial charge in [-0.3, -0.25) is 0 Å². The zero-order chi connectivity index (χ0) is 23.0. The van der Waals surface area contributed by atoms with E-state index in [1.54, 1.807) is 30.3 Å². The van der Waals surface area contributed by atoms with Gasteiger partial charge in [0.05, 0.1) is 39.2 Å². The van der Waals surface area contributed by atoms with Crippen LogP contribution >= 0.6 is 0 Å². The van der Waals surface area contributed by atoms with Crippen LogP contribution in [0.5, 0.6) is 0 Å². The maximum Gasteiger partial charge on any atom is 0.243 e. The predicted molar refractivity (Wildman–Crippen MR) is 123 cm³/mol. The molecular formula is C23H21N7O2S. The number of nitriles is 2. The lowest BCUT2D eigenvalue weighted by molar-refractivity contribution is 0.384. The molecule has 0 atom stereocenters. The molecule has 0 radical (unpaired) electrons. The van der Waals surface area contributed by atoms with Crippen LogP contribution in [-0.4, -0.2) is 54.9 Å². The van der Waals surface area contributed by atoms with E-state index in [0.717, 1.165) is 12.8 Å². The molecule has 33 heavy (non-hydrogen) atoms. The molecule has 0 bridgehead atoms. The second-order valence-corrected chi connectivity index (χ2v) is 10.1. The van der Waals surface area contributed by atoms with Gasteiger partial charge in [-0.2, -0.15) is 14.8 Å². The van der Waals surface area contributed by atoms with Crippen molar-refractivity contribution in [1.82, 2.24) is 14.3 Å². The van der Waals surface area contributed by atoms with Crippen molar-refractivity contribution in [2.75, 3.05) is 36.4 Å². The van der Waals surface area contributed by atoms with Crippen molar-refractivity contribution < 1.29 is 8.42 Å². The summed E-state index contributed by atoms with van der Waals surface area (Å²) in [6.07, 6.45) is 2.17. The standard InChI is InChI=1S/C23H21N7O2S/c24-14-16-2-1-3-19(12-16)33(31,32)30-10-8-29(9-11-30)23-22(26-18-5-6-18)27-20-7-4-17(15-25)13-21(20)28-23/h1-4,7,12-13,18H,5-6,8-11H2,(H,26,27). The zero-order valence-corrected chi connectivity index (χ0v) is 18.6. The number of nitrogens with zero attached hydrogens (tertiary/aromatic N) is 6. The Bertz CT molecular complexity index is 1410. The normalized spacial score (nSPS) is 16.8. The van der Waals surface area contributed by atoms with E-state index in [2.05, 4.69) is 11.4 Å². The Labute approximate surface area is 191 Å². The van der Waals surface area contributed by atoms with E-state index in [-0.39, 0.29) is 4.90 Å². The highest BCUT2D eigenvalue weighted by Crippen LogP contribution is 2.32. The molecule has 1 N–H and O–H groups in total. The summed E-state index contributed by atoms with van der Waals surface area (Å²) in [6.45, 7) is 1.49.